The number of nitrogens with one attached hydrogen (secondary N) is 1. The topological polar surface area (TPSA) is 102 Å². The van der Waals surface area contributed by atoms with E-state index in [1.54, 1.807) is 18.2 Å². The van der Waals surface area contributed by atoms with Crippen molar-refractivity contribution >= 4 is 15.7 Å². The van der Waals surface area contributed by atoms with Gasteiger partial charge in [0.05, 0.1) is 15.4 Å². The Balaban J connectivity index is 2.42. The smallest absolute Gasteiger partial charge is 0.258 e. The monoisotopic (exact) mass is 321 g/mol. The predicted octanol–water partition coefficient (Wildman–Crippen LogP) is 2.20. The summed E-state index contributed by atoms with van der Waals surface area (Å²) in [6, 6.07) is 10.5. The number of benzene rings is 1. The van der Waals surface area contributed by atoms with Crippen LogP contribution in [-0.2, 0) is 15.6 Å². The number of aromatic nitrogens is 1. The highest BCUT2D eigenvalue weighted by Gasteiger charge is 2.34. The van der Waals surface area contributed by atoms with Crippen molar-refractivity contribution in [3.8, 4) is 0 Å². The molecule has 0 saturated carbocycles. The molecule has 8 heteroatoms. The van der Waals surface area contributed by atoms with E-state index in [2.05, 4.69) is 9.71 Å². The lowest BCUT2D eigenvalue weighted by atomic mass is 10.00. The molecule has 1 aromatic carbocycles. The number of nitrogens with zero attached hydrogens (tertiary/aromatic N) is 2. The Hall–Kier alpha value is -2.32. The molecule has 0 aliphatic carbocycles. The summed E-state index contributed by atoms with van der Waals surface area (Å²) in [5, 5.41) is 11.1. The average Bonchev–Trinajstić information content (AvgIpc) is 2.47. The predicted molar refractivity (Wildman–Crippen MR) is 80.7 cm³/mol. The van der Waals surface area contributed by atoms with Crippen molar-refractivity contribution in [1.82, 2.24) is 9.71 Å². The summed E-state index contributed by atoms with van der Waals surface area (Å²) in [6.07, 6.45) is 1.39. The van der Waals surface area contributed by atoms with Crippen LogP contribution in [0.15, 0.2) is 53.6 Å². The van der Waals surface area contributed by atoms with Gasteiger partial charge < -0.3 is 0 Å². The van der Waals surface area contributed by atoms with E-state index in [4.69, 9.17) is 0 Å². The van der Waals surface area contributed by atoms with Crippen molar-refractivity contribution < 1.29 is 13.3 Å². The number of hydrogen-bond acceptors (Lipinski definition) is 5. The first kappa shape index (κ1) is 16.1. The molecule has 0 saturated heterocycles. The van der Waals surface area contributed by atoms with E-state index in [1.807, 2.05) is 0 Å². The molecule has 0 aliphatic heterocycles. The van der Waals surface area contributed by atoms with Crippen LogP contribution in [0.25, 0.3) is 0 Å². The minimum Gasteiger partial charge on any atom is -0.258 e. The summed E-state index contributed by atoms with van der Waals surface area (Å²) >= 11 is 0. The van der Waals surface area contributed by atoms with Gasteiger partial charge in [-0.2, -0.15) is 4.72 Å². The molecule has 7 nitrogen and oxygen atoms in total. The third kappa shape index (κ3) is 3.29. The maximum atomic E-state index is 12.4. The minimum atomic E-state index is -3.82. The zero-order chi connectivity index (χ0) is 16.4. The SMILES string of the molecule is CC(C)(NS(=O)(=O)c1ccccc1)c1ncccc1[N+](=O)[O-]. The third-order valence-electron chi connectivity index (χ3n) is 3.02. The first-order valence-corrected chi connectivity index (χ1v) is 7.91. The van der Waals surface area contributed by atoms with Crippen LogP contribution in [0.4, 0.5) is 5.69 Å². The van der Waals surface area contributed by atoms with E-state index in [1.165, 1.54) is 44.3 Å². The Morgan fingerprint density at radius 1 is 1.14 bits per heavy atom. The van der Waals surface area contributed by atoms with Gasteiger partial charge in [-0.15, -0.1) is 0 Å². The van der Waals surface area contributed by atoms with Gasteiger partial charge in [-0.25, -0.2) is 8.42 Å². The largest absolute Gasteiger partial charge is 0.292 e. The highest BCUT2D eigenvalue weighted by atomic mass is 32.2. The van der Waals surface area contributed by atoms with Crippen molar-refractivity contribution in [2.24, 2.45) is 0 Å². The highest BCUT2D eigenvalue weighted by Crippen LogP contribution is 2.28. The van der Waals surface area contributed by atoms with Crippen molar-refractivity contribution in [3.63, 3.8) is 0 Å². The van der Waals surface area contributed by atoms with Crippen LogP contribution in [0.3, 0.4) is 0 Å². The molecule has 2 rings (SSSR count). The third-order valence-corrected chi connectivity index (χ3v) is 4.69. The number of pyridine rings is 1. The fourth-order valence-electron chi connectivity index (χ4n) is 2.07. The standard InChI is InChI=1S/C14H15N3O4S/c1-14(2,13-12(17(18)19)9-6-10-15-13)16-22(20,21)11-7-4-3-5-8-11/h3-10,16H,1-2H3. The average molecular weight is 321 g/mol. The van der Waals surface area contributed by atoms with Gasteiger partial charge in [-0.3, -0.25) is 15.1 Å². The Morgan fingerprint density at radius 3 is 2.36 bits per heavy atom. The van der Waals surface area contributed by atoms with E-state index in [0.717, 1.165) is 0 Å². The van der Waals surface area contributed by atoms with Gasteiger partial charge in [0, 0.05) is 12.3 Å². The summed E-state index contributed by atoms with van der Waals surface area (Å²) in [7, 11) is -3.82. The van der Waals surface area contributed by atoms with Crippen LogP contribution in [-0.4, -0.2) is 18.3 Å². The molecule has 2 aromatic rings. The van der Waals surface area contributed by atoms with Crippen molar-refractivity contribution in [2.75, 3.05) is 0 Å². The number of sulfonamides is 1. The van der Waals surface area contributed by atoms with Gasteiger partial charge in [0.2, 0.25) is 10.0 Å². The molecule has 1 N–H and O–H groups in total. The normalized spacial score (nSPS) is 12.1. The highest BCUT2D eigenvalue weighted by molar-refractivity contribution is 7.89. The van der Waals surface area contributed by atoms with Crippen molar-refractivity contribution in [3.05, 3.63) is 64.5 Å². The zero-order valence-electron chi connectivity index (χ0n) is 12.1. The molecular weight excluding hydrogens is 306 g/mol. The summed E-state index contributed by atoms with van der Waals surface area (Å²) in [5.74, 6) is 0. The second-order valence-corrected chi connectivity index (χ2v) is 6.85. The molecule has 116 valence electrons. The summed E-state index contributed by atoms with van der Waals surface area (Å²) in [6.45, 7) is 3.06. The molecule has 1 aromatic heterocycles. The Labute approximate surface area is 128 Å². The molecule has 0 radical (unpaired) electrons. The molecule has 0 amide bonds. The molecule has 1 heterocycles. The molecule has 0 fully saturated rings. The summed E-state index contributed by atoms with van der Waals surface area (Å²) in [4.78, 5) is 14.6. The quantitative estimate of drug-likeness (QED) is 0.672. The maximum Gasteiger partial charge on any atom is 0.292 e. The van der Waals surface area contributed by atoms with Crippen LogP contribution in [0.1, 0.15) is 19.5 Å². The zero-order valence-corrected chi connectivity index (χ0v) is 12.9. The Bertz CT molecular complexity index is 789. The van der Waals surface area contributed by atoms with Gasteiger partial charge >= 0.3 is 0 Å². The molecule has 22 heavy (non-hydrogen) atoms. The van der Waals surface area contributed by atoms with E-state index in [0.29, 0.717) is 0 Å². The minimum absolute atomic E-state index is 0.0551. The fraction of sp³-hybridized carbons (Fsp3) is 0.214. The molecule has 0 atom stereocenters. The fourth-order valence-corrected chi connectivity index (χ4v) is 3.47. The van der Waals surface area contributed by atoms with Crippen LogP contribution in [0.5, 0.6) is 0 Å². The van der Waals surface area contributed by atoms with Crippen LogP contribution in [0.2, 0.25) is 0 Å². The maximum absolute atomic E-state index is 12.4. The van der Waals surface area contributed by atoms with Crippen LogP contribution >= 0.6 is 0 Å². The number of hydrogen-bond donors (Lipinski definition) is 1. The van der Waals surface area contributed by atoms with E-state index in [9.17, 15) is 18.5 Å². The van der Waals surface area contributed by atoms with Gasteiger partial charge in [0.15, 0.2) is 0 Å². The van der Waals surface area contributed by atoms with Crippen LogP contribution < -0.4 is 4.72 Å². The first-order valence-electron chi connectivity index (χ1n) is 6.43. The van der Waals surface area contributed by atoms with Crippen LogP contribution in [0, 0.1) is 10.1 Å². The Morgan fingerprint density at radius 2 is 1.77 bits per heavy atom. The molecular formula is C14H15N3O4S. The van der Waals surface area contributed by atoms with Crippen molar-refractivity contribution in [2.45, 2.75) is 24.3 Å². The van der Waals surface area contributed by atoms with E-state index in [-0.39, 0.29) is 16.3 Å². The molecule has 0 aliphatic rings. The van der Waals surface area contributed by atoms with E-state index < -0.39 is 20.5 Å². The second kappa shape index (κ2) is 5.82. The van der Waals surface area contributed by atoms with E-state index >= 15 is 0 Å². The molecule has 0 spiro atoms. The summed E-state index contributed by atoms with van der Waals surface area (Å²) in [5.41, 5.74) is -1.42. The van der Waals surface area contributed by atoms with Gasteiger partial charge in [0.25, 0.3) is 5.69 Å². The molecule has 0 bridgehead atoms. The number of rotatable bonds is 5. The molecule has 0 unspecified atom stereocenters. The van der Waals surface area contributed by atoms with Gasteiger partial charge in [0.1, 0.15) is 5.69 Å². The lowest BCUT2D eigenvalue weighted by Gasteiger charge is -2.25. The number of nitro groups is 1. The lowest BCUT2D eigenvalue weighted by molar-refractivity contribution is -0.386. The summed E-state index contributed by atoms with van der Waals surface area (Å²) < 4.78 is 27.3. The lowest BCUT2D eigenvalue weighted by Crippen LogP contribution is -2.41. The second-order valence-electron chi connectivity index (χ2n) is 5.17. The van der Waals surface area contributed by atoms with Gasteiger partial charge in [-0.05, 0) is 32.0 Å². The van der Waals surface area contributed by atoms with Gasteiger partial charge in [-0.1, -0.05) is 18.2 Å². The first-order chi connectivity index (χ1) is 10.2. The van der Waals surface area contributed by atoms with Crippen molar-refractivity contribution in [1.29, 1.82) is 0 Å². The Kier molecular flexibility index (Phi) is 4.25.